The molecule has 0 saturated heterocycles. The van der Waals surface area contributed by atoms with Crippen LogP contribution in [0, 0.1) is 0 Å². The summed E-state index contributed by atoms with van der Waals surface area (Å²) in [5, 5.41) is 0. The van der Waals surface area contributed by atoms with Crippen molar-refractivity contribution in [2.45, 2.75) is 13.1 Å². The van der Waals surface area contributed by atoms with Gasteiger partial charge in [0.15, 0.2) is 0 Å². The van der Waals surface area contributed by atoms with Gasteiger partial charge in [-0.2, -0.15) is 0 Å². The van der Waals surface area contributed by atoms with E-state index in [1.807, 2.05) is 22.9 Å². The van der Waals surface area contributed by atoms with Crippen LogP contribution in [-0.4, -0.2) is 14.5 Å². The summed E-state index contributed by atoms with van der Waals surface area (Å²) in [6, 6.07) is 3.97. The Hall–Kier alpha value is -1.10. The second-order valence-corrected chi connectivity index (χ2v) is 3.03. The van der Waals surface area contributed by atoms with E-state index in [1.165, 1.54) is 5.56 Å². The van der Waals surface area contributed by atoms with Crippen LogP contribution in [0.5, 0.6) is 0 Å². The lowest BCUT2D eigenvalue weighted by Crippen LogP contribution is -2.08. The first kappa shape index (κ1) is 14.9. The molecule has 6 heteroatoms. The summed E-state index contributed by atoms with van der Waals surface area (Å²) in [5.41, 5.74) is 6.75. The van der Waals surface area contributed by atoms with E-state index in [1.54, 1.807) is 18.6 Å². The first-order valence-electron chi connectivity index (χ1n) is 4.49. The normalized spacial score (nSPS) is 9.06. The van der Waals surface area contributed by atoms with Crippen LogP contribution in [0.15, 0.2) is 36.9 Å². The van der Waals surface area contributed by atoms with Crippen molar-refractivity contribution in [3.63, 3.8) is 0 Å². The van der Waals surface area contributed by atoms with Crippen molar-refractivity contribution in [3.05, 3.63) is 48.3 Å². The van der Waals surface area contributed by atoms with Crippen molar-refractivity contribution in [1.82, 2.24) is 14.5 Å². The monoisotopic (exact) mass is 260 g/mol. The van der Waals surface area contributed by atoms with Crippen LogP contribution in [-0.2, 0) is 13.1 Å². The van der Waals surface area contributed by atoms with Crippen LogP contribution in [0.3, 0.4) is 0 Å². The first-order chi connectivity index (χ1) is 6.90. The van der Waals surface area contributed by atoms with Crippen LogP contribution in [0.1, 0.15) is 11.4 Å². The van der Waals surface area contributed by atoms with E-state index in [4.69, 9.17) is 5.73 Å². The average molecular weight is 261 g/mol. The molecule has 2 N–H and O–H groups in total. The van der Waals surface area contributed by atoms with E-state index < -0.39 is 0 Å². The SMILES string of the molecule is Cl.Cl.NCc1nccn1Cc1ccncc1. The van der Waals surface area contributed by atoms with Crippen LogP contribution < -0.4 is 5.73 Å². The molecule has 0 radical (unpaired) electrons. The third-order valence-electron chi connectivity index (χ3n) is 2.09. The number of pyridine rings is 1. The second-order valence-electron chi connectivity index (χ2n) is 3.03. The molecule has 0 aromatic carbocycles. The third kappa shape index (κ3) is 3.48. The van der Waals surface area contributed by atoms with Gasteiger partial charge in [0.2, 0.25) is 0 Å². The van der Waals surface area contributed by atoms with Gasteiger partial charge in [0.05, 0.1) is 6.54 Å². The van der Waals surface area contributed by atoms with Gasteiger partial charge < -0.3 is 10.3 Å². The summed E-state index contributed by atoms with van der Waals surface area (Å²) in [4.78, 5) is 8.12. The lowest BCUT2D eigenvalue weighted by Gasteiger charge is -2.05. The molecule has 2 heterocycles. The van der Waals surface area contributed by atoms with Gasteiger partial charge in [-0.05, 0) is 17.7 Å². The maximum Gasteiger partial charge on any atom is 0.122 e. The van der Waals surface area contributed by atoms with Crippen LogP contribution in [0.2, 0.25) is 0 Å². The molecule has 0 bridgehead atoms. The Bertz CT molecular complexity index is 402. The summed E-state index contributed by atoms with van der Waals surface area (Å²) < 4.78 is 2.04. The molecule has 2 aromatic rings. The Balaban J connectivity index is 0.00000112. The molecule has 0 fully saturated rings. The minimum absolute atomic E-state index is 0. The number of nitrogens with zero attached hydrogens (tertiary/aromatic N) is 3. The number of rotatable bonds is 3. The summed E-state index contributed by atoms with van der Waals surface area (Å²) in [6.07, 6.45) is 7.27. The van der Waals surface area contributed by atoms with Crippen molar-refractivity contribution >= 4 is 24.8 Å². The van der Waals surface area contributed by atoms with Crippen LogP contribution in [0.4, 0.5) is 0 Å². The molecule has 0 unspecified atom stereocenters. The van der Waals surface area contributed by atoms with Crippen molar-refractivity contribution in [2.24, 2.45) is 5.73 Å². The molecule has 4 nitrogen and oxygen atoms in total. The summed E-state index contributed by atoms with van der Waals surface area (Å²) in [5.74, 6) is 0.904. The number of imidazole rings is 1. The Morgan fingerprint density at radius 2 is 1.81 bits per heavy atom. The number of halogens is 2. The second kappa shape index (κ2) is 7.22. The zero-order valence-corrected chi connectivity index (χ0v) is 10.2. The van der Waals surface area contributed by atoms with E-state index in [0.717, 1.165) is 12.4 Å². The maximum atomic E-state index is 5.55. The van der Waals surface area contributed by atoms with Crippen LogP contribution in [0.25, 0.3) is 0 Å². The molecule has 16 heavy (non-hydrogen) atoms. The molecule has 2 rings (SSSR count). The highest BCUT2D eigenvalue weighted by molar-refractivity contribution is 5.85. The first-order valence-corrected chi connectivity index (χ1v) is 4.49. The zero-order chi connectivity index (χ0) is 9.80. The molecule has 0 aliphatic carbocycles. The largest absolute Gasteiger partial charge is 0.329 e. The Morgan fingerprint density at radius 1 is 1.12 bits per heavy atom. The highest BCUT2D eigenvalue weighted by Crippen LogP contribution is 2.03. The Kier molecular flexibility index (Phi) is 6.72. The van der Waals surface area contributed by atoms with Crippen molar-refractivity contribution in [2.75, 3.05) is 0 Å². The molecular weight excluding hydrogens is 247 g/mol. The maximum absolute atomic E-state index is 5.55. The number of nitrogens with two attached hydrogens (primary N) is 1. The molecule has 0 spiro atoms. The zero-order valence-electron chi connectivity index (χ0n) is 8.61. The van der Waals surface area contributed by atoms with E-state index in [2.05, 4.69) is 9.97 Å². The molecule has 2 aromatic heterocycles. The number of hydrogen-bond donors (Lipinski definition) is 1. The highest BCUT2D eigenvalue weighted by Gasteiger charge is 2.00. The molecule has 0 atom stereocenters. The van der Waals surface area contributed by atoms with E-state index in [0.29, 0.717) is 6.54 Å². The predicted octanol–water partition coefficient (Wildman–Crippen LogP) is 1.63. The minimum Gasteiger partial charge on any atom is -0.329 e. The summed E-state index contributed by atoms with van der Waals surface area (Å²) in [7, 11) is 0. The van der Waals surface area contributed by atoms with Gasteiger partial charge in [-0.25, -0.2) is 4.98 Å². The van der Waals surface area contributed by atoms with Gasteiger partial charge in [0.25, 0.3) is 0 Å². The van der Waals surface area contributed by atoms with Gasteiger partial charge in [-0.15, -0.1) is 24.8 Å². The predicted molar refractivity (Wildman–Crippen MR) is 68.0 cm³/mol. The Morgan fingerprint density at radius 3 is 2.44 bits per heavy atom. The number of hydrogen-bond acceptors (Lipinski definition) is 3. The van der Waals surface area contributed by atoms with E-state index >= 15 is 0 Å². The number of aromatic nitrogens is 3. The third-order valence-corrected chi connectivity index (χ3v) is 2.09. The lowest BCUT2D eigenvalue weighted by atomic mass is 10.3. The minimum atomic E-state index is 0. The lowest BCUT2D eigenvalue weighted by molar-refractivity contribution is 0.723. The molecule has 88 valence electrons. The van der Waals surface area contributed by atoms with Crippen molar-refractivity contribution in [3.8, 4) is 0 Å². The average Bonchev–Trinajstić information content (AvgIpc) is 2.67. The fourth-order valence-corrected chi connectivity index (χ4v) is 1.36. The summed E-state index contributed by atoms with van der Waals surface area (Å²) >= 11 is 0. The van der Waals surface area contributed by atoms with Gasteiger partial charge in [-0.1, -0.05) is 0 Å². The standard InChI is InChI=1S/C10H12N4.2ClH/c11-7-10-13-5-6-14(10)8-9-1-3-12-4-2-9;;/h1-6H,7-8,11H2;2*1H. The molecule has 0 aliphatic heterocycles. The molecule has 0 aliphatic rings. The van der Waals surface area contributed by atoms with E-state index in [9.17, 15) is 0 Å². The fourth-order valence-electron chi connectivity index (χ4n) is 1.36. The van der Waals surface area contributed by atoms with Gasteiger partial charge >= 0.3 is 0 Å². The van der Waals surface area contributed by atoms with Crippen molar-refractivity contribution < 1.29 is 0 Å². The quantitative estimate of drug-likeness (QED) is 0.913. The van der Waals surface area contributed by atoms with Gasteiger partial charge in [0.1, 0.15) is 5.82 Å². The van der Waals surface area contributed by atoms with Crippen LogP contribution >= 0.6 is 24.8 Å². The van der Waals surface area contributed by atoms with Gasteiger partial charge in [-0.3, -0.25) is 4.98 Å². The summed E-state index contributed by atoms with van der Waals surface area (Å²) in [6.45, 7) is 1.27. The smallest absolute Gasteiger partial charge is 0.122 e. The fraction of sp³-hybridized carbons (Fsp3) is 0.200. The topological polar surface area (TPSA) is 56.7 Å². The van der Waals surface area contributed by atoms with E-state index in [-0.39, 0.29) is 24.8 Å². The Labute approximate surface area is 107 Å². The molecule has 0 amide bonds. The highest BCUT2D eigenvalue weighted by atomic mass is 35.5. The molecule has 0 saturated carbocycles. The molecular formula is C10H14Cl2N4. The van der Waals surface area contributed by atoms with Gasteiger partial charge in [0, 0.05) is 31.3 Å². The van der Waals surface area contributed by atoms with Crippen molar-refractivity contribution in [1.29, 1.82) is 0 Å².